The monoisotopic (exact) mass is 402 g/mol. The summed E-state index contributed by atoms with van der Waals surface area (Å²) in [5.74, 6) is 0.261. The number of hydrogen-bond donors (Lipinski definition) is 1. The standard InChI is InChI=1S/C24H22N2O4/c1-17-3-9-20(10-4-17)24(28)30-22-13-7-19(8-14-22)15-25-26-23(27)16-29-21-11-5-18(2)6-12-21/h3-15H,16H2,1-2H3,(H,26,27)/b25-15-. The number of hydrazone groups is 1. The first-order chi connectivity index (χ1) is 14.5. The fourth-order valence-corrected chi connectivity index (χ4v) is 2.47. The first-order valence-electron chi connectivity index (χ1n) is 9.40. The van der Waals surface area contributed by atoms with E-state index in [4.69, 9.17) is 9.47 Å². The highest BCUT2D eigenvalue weighted by atomic mass is 16.5. The van der Waals surface area contributed by atoms with Gasteiger partial charge in [0.2, 0.25) is 0 Å². The van der Waals surface area contributed by atoms with Gasteiger partial charge in [0.25, 0.3) is 5.91 Å². The summed E-state index contributed by atoms with van der Waals surface area (Å²) in [5, 5.41) is 3.90. The zero-order valence-electron chi connectivity index (χ0n) is 16.8. The summed E-state index contributed by atoms with van der Waals surface area (Å²) in [5.41, 5.74) is 5.83. The number of nitrogens with one attached hydrogen (secondary N) is 1. The molecule has 0 unspecified atom stereocenters. The lowest BCUT2D eigenvalue weighted by Crippen LogP contribution is -2.24. The van der Waals surface area contributed by atoms with Crippen LogP contribution in [0.15, 0.2) is 77.9 Å². The van der Waals surface area contributed by atoms with Crippen LogP contribution in [0.1, 0.15) is 27.0 Å². The van der Waals surface area contributed by atoms with Crippen molar-refractivity contribution in [2.45, 2.75) is 13.8 Å². The van der Waals surface area contributed by atoms with E-state index in [9.17, 15) is 9.59 Å². The number of esters is 1. The van der Waals surface area contributed by atoms with Crippen LogP contribution < -0.4 is 14.9 Å². The molecular weight excluding hydrogens is 380 g/mol. The Hall–Kier alpha value is -3.93. The highest BCUT2D eigenvalue weighted by Gasteiger charge is 2.08. The summed E-state index contributed by atoms with van der Waals surface area (Å²) in [4.78, 5) is 23.9. The van der Waals surface area contributed by atoms with Crippen molar-refractivity contribution in [2.24, 2.45) is 5.10 Å². The second-order valence-corrected chi connectivity index (χ2v) is 6.72. The zero-order chi connectivity index (χ0) is 21.3. The number of ether oxygens (including phenoxy) is 2. The maximum atomic E-state index is 12.1. The van der Waals surface area contributed by atoms with Gasteiger partial charge in [-0.05, 0) is 67.9 Å². The van der Waals surface area contributed by atoms with Gasteiger partial charge in [-0.25, -0.2) is 10.2 Å². The van der Waals surface area contributed by atoms with E-state index in [1.54, 1.807) is 48.5 Å². The van der Waals surface area contributed by atoms with Gasteiger partial charge in [-0.1, -0.05) is 35.4 Å². The molecule has 0 spiro atoms. The summed E-state index contributed by atoms with van der Waals surface area (Å²) < 4.78 is 10.7. The molecule has 3 aromatic rings. The van der Waals surface area contributed by atoms with Gasteiger partial charge in [0.15, 0.2) is 6.61 Å². The molecule has 0 aromatic heterocycles. The highest BCUT2D eigenvalue weighted by molar-refractivity contribution is 5.91. The van der Waals surface area contributed by atoms with Crippen LogP contribution in [0.25, 0.3) is 0 Å². The molecule has 6 heteroatoms. The predicted octanol–water partition coefficient (Wildman–Crippen LogP) is 4.05. The van der Waals surface area contributed by atoms with E-state index in [-0.39, 0.29) is 12.5 Å². The Morgan fingerprint density at radius 2 is 1.40 bits per heavy atom. The lowest BCUT2D eigenvalue weighted by atomic mass is 10.1. The third-order valence-electron chi connectivity index (χ3n) is 4.17. The summed E-state index contributed by atoms with van der Waals surface area (Å²) >= 11 is 0. The van der Waals surface area contributed by atoms with Crippen molar-refractivity contribution in [3.8, 4) is 11.5 Å². The second kappa shape index (κ2) is 10.0. The van der Waals surface area contributed by atoms with Gasteiger partial charge in [0, 0.05) is 0 Å². The van der Waals surface area contributed by atoms with E-state index in [2.05, 4.69) is 10.5 Å². The molecule has 0 radical (unpaired) electrons. The number of carbonyl (C=O) groups is 2. The number of rotatable bonds is 7. The minimum atomic E-state index is -0.419. The minimum Gasteiger partial charge on any atom is -0.484 e. The molecule has 1 amide bonds. The Labute approximate surface area is 175 Å². The Bertz CT molecular complexity index is 1020. The quantitative estimate of drug-likeness (QED) is 0.280. The molecule has 0 bridgehead atoms. The predicted molar refractivity (Wildman–Crippen MR) is 115 cm³/mol. The van der Waals surface area contributed by atoms with E-state index in [0.29, 0.717) is 17.1 Å². The minimum absolute atomic E-state index is 0.131. The largest absolute Gasteiger partial charge is 0.484 e. The van der Waals surface area contributed by atoms with Crippen LogP contribution in [0.3, 0.4) is 0 Å². The van der Waals surface area contributed by atoms with Gasteiger partial charge >= 0.3 is 5.97 Å². The number of nitrogens with zero attached hydrogens (tertiary/aromatic N) is 1. The number of benzene rings is 3. The Kier molecular flexibility index (Phi) is 6.95. The molecule has 1 N–H and O–H groups in total. The molecule has 30 heavy (non-hydrogen) atoms. The van der Waals surface area contributed by atoms with Crippen molar-refractivity contribution in [3.05, 3.63) is 95.1 Å². The molecule has 0 heterocycles. The highest BCUT2D eigenvalue weighted by Crippen LogP contribution is 2.14. The fourth-order valence-electron chi connectivity index (χ4n) is 2.47. The zero-order valence-corrected chi connectivity index (χ0v) is 16.8. The Morgan fingerprint density at radius 1 is 0.833 bits per heavy atom. The van der Waals surface area contributed by atoms with Gasteiger partial charge in [0.1, 0.15) is 11.5 Å². The third kappa shape index (κ3) is 6.31. The average Bonchev–Trinajstić information content (AvgIpc) is 2.75. The summed E-state index contributed by atoms with van der Waals surface area (Å²) in [6, 6.07) is 21.4. The van der Waals surface area contributed by atoms with Crippen molar-refractivity contribution < 1.29 is 19.1 Å². The Morgan fingerprint density at radius 3 is 2.03 bits per heavy atom. The van der Waals surface area contributed by atoms with Crippen molar-refractivity contribution in [3.63, 3.8) is 0 Å². The van der Waals surface area contributed by atoms with E-state index in [0.717, 1.165) is 16.7 Å². The Balaban J connectivity index is 1.45. The summed E-state index contributed by atoms with van der Waals surface area (Å²) in [6.07, 6.45) is 1.50. The van der Waals surface area contributed by atoms with Crippen LogP contribution in [0, 0.1) is 13.8 Å². The van der Waals surface area contributed by atoms with Gasteiger partial charge < -0.3 is 9.47 Å². The van der Waals surface area contributed by atoms with E-state index in [1.165, 1.54) is 6.21 Å². The smallest absolute Gasteiger partial charge is 0.343 e. The molecule has 0 atom stereocenters. The van der Waals surface area contributed by atoms with Crippen LogP contribution >= 0.6 is 0 Å². The second-order valence-electron chi connectivity index (χ2n) is 6.72. The third-order valence-corrected chi connectivity index (χ3v) is 4.17. The number of hydrogen-bond acceptors (Lipinski definition) is 5. The summed E-state index contributed by atoms with van der Waals surface area (Å²) in [6.45, 7) is 3.80. The van der Waals surface area contributed by atoms with Crippen molar-refractivity contribution in [1.29, 1.82) is 0 Å². The van der Waals surface area contributed by atoms with Crippen molar-refractivity contribution in [1.82, 2.24) is 5.43 Å². The van der Waals surface area contributed by atoms with Crippen LogP contribution in [-0.2, 0) is 4.79 Å². The molecule has 0 aliphatic heterocycles. The SMILES string of the molecule is Cc1ccc(OCC(=O)N/N=C\c2ccc(OC(=O)c3ccc(C)cc3)cc2)cc1. The number of amides is 1. The molecule has 3 aromatic carbocycles. The fraction of sp³-hybridized carbons (Fsp3) is 0.125. The van der Waals surface area contributed by atoms with Crippen molar-refractivity contribution in [2.75, 3.05) is 6.61 Å². The molecule has 0 saturated heterocycles. The summed E-state index contributed by atoms with van der Waals surface area (Å²) in [7, 11) is 0. The van der Waals surface area contributed by atoms with E-state index < -0.39 is 5.97 Å². The molecule has 152 valence electrons. The van der Waals surface area contributed by atoms with Gasteiger partial charge in [-0.3, -0.25) is 4.79 Å². The van der Waals surface area contributed by atoms with Gasteiger partial charge in [-0.2, -0.15) is 5.10 Å². The lowest BCUT2D eigenvalue weighted by molar-refractivity contribution is -0.123. The molecule has 6 nitrogen and oxygen atoms in total. The maximum Gasteiger partial charge on any atom is 0.343 e. The van der Waals surface area contributed by atoms with E-state index in [1.807, 2.05) is 38.1 Å². The first kappa shape index (κ1) is 20.8. The van der Waals surface area contributed by atoms with Gasteiger partial charge in [-0.15, -0.1) is 0 Å². The molecule has 0 aliphatic rings. The normalized spacial score (nSPS) is 10.6. The van der Waals surface area contributed by atoms with Crippen molar-refractivity contribution >= 4 is 18.1 Å². The lowest BCUT2D eigenvalue weighted by Gasteiger charge is -2.05. The van der Waals surface area contributed by atoms with Crippen LogP contribution in [0.5, 0.6) is 11.5 Å². The first-order valence-corrected chi connectivity index (χ1v) is 9.40. The maximum absolute atomic E-state index is 12.1. The molecule has 0 saturated carbocycles. The molecule has 3 rings (SSSR count). The van der Waals surface area contributed by atoms with Crippen LogP contribution in [0.4, 0.5) is 0 Å². The average molecular weight is 402 g/mol. The molecule has 0 aliphatic carbocycles. The van der Waals surface area contributed by atoms with Crippen LogP contribution in [-0.4, -0.2) is 24.7 Å². The molecule has 0 fully saturated rings. The van der Waals surface area contributed by atoms with Gasteiger partial charge in [0.05, 0.1) is 11.8 Å². The number of carbonyl (C=O) groups excluding carboxylic acids is 2. The molecular formula is C24H22N2O4. The number of aryl methyl sites for hydroxylation is 2. The topological polar surface area (TPSA) is 77.0 Å². The van der Waals surface area contributed by atoms with E-state index >= 15 is 0 Å². The van der Waals surface area contributed by atoms with Crippen LogP contribution in [0.2, 0.25) is 0 Å².